The lowest BCUT2D eigenvalue weighted by Crippen LogP contribution is -2.31. The van der Waals surface area contributed by atoms with Crippen molar-refractivity contribution in [2.24, 2.45) is 0 Å². The molecular formula is C19H18FN3O2. The van der Waals surface area contributed by atoms with Gasteiger partial charge in [-0.05, 0) is 30.7 Å². The van der Waals surface area contributed by atoms with Crippen molar-refractivity contribution in [1.82, 2.24) is 15.1 Å². The minimum absolute atomic E-state index is 0.0688. The summed E-state index contributed by atoms with van der Waals surface area (Å²) < 4.78 is 13.1. The lowest BCUT2D eigenvalue weighted by atomic mass is 10.1. The molecule has 3 aromatic rings. The third kappa shape index (κ3) is 3.42. The summed E-state index contributed by atoms with van der Waals surface area (Å²) in [6.45, 7) is 1.88. The van der Waals surface area contributed by atoms with Crippen LogP contribution in [0.1, 0.15) is 24.2 Å². The van der Waals surface area contributed by atoms with Gasteiger partial charge in [-0.1, -0.05) is 30.3 Å². The maximum absolute atomic E-state index is 13.1. The van der Waals surface area contributed by atoms with Crippen molar-refractivity contribution in [2.45, 2.75) is 19.4 Å². The number of carbonyl (C=O) groups is 1. The summed E-state index contributed by atoms with van der Waals surface area (Å²) in [6.07, 6.45) is 0.0688. The molecule has 0 saturated carbocycles. The Morgan fingerprint density at radius 1 is 1.16 bits per heavy atom. The molecule has 6 heteroatoms. The van der Waals surface area contributed by atoms with Crippen LogP contribution in [-0.2, 0) is 11.2 Å². The zero-order valence-electron chi connectivity index (χ0n) is 14.0. The summed E-state index contributed by atoms with van der Waals surface area (Å²) in [4.78, 5) is 26.1. The van der Waals surface area contributed by atoms with Gasteiger partial charge >= 0.3 is 0 Å². The van der Waals surface area contributed by atoms with Crippen molar-refractivity contribution in [1.29, 1.82) is 0 Å². The predicted molar refractivity (Wildman–Crippen MR) is 93.7 cm³/mol. The molecule has 0 fully saturated rings. The number of rotatable bonds is 4. The van der Waals surface area contributed by atoms with E-state index in [2.05, 4.69) is 10.2 Å². The number of H-pyrrole nitrogens is 1. The molecule has 0 unspecified atom stereocenters. The smallest absolute Gasteiger partial charge is 0.272 e. The highest BCUT2D eigenvalue weighted by Crippen LogP contribution is 2.21. The van der Waals surface area contributed by atoms with E-state index in [1.54, 1.807) is 42.3 Å². The molecule has 3 rings (SSSR count). The Balaban J connectivity index is 1.83. The molecule has 0 spiro atoms. The second-order valence-electron chi connectivity index (χ2n) is 5.95. The van der Waals surface area contributed by atoms with E-state index in [1.807, 2.05) is 13.0 Å². The molecule has 0 aliphatic carbocycles. The van der Waals surface area contributed by atoms with Gasteiger partial charge in [-0.15, -0.1) is 0 Å². The van der Waals surface area contributed by atoms with Crippen LogP contribution in [0, 0.1) is 5.82 Å². The summed E-state index contributed by atoms with van der Waals surface area (Å²) >= 11 is 0. The minimum atomic E-state index is -0.311. The minimum Gasteiger partial charge on any atom is -0.339 e. The predicted octanol–water partition coefficient (Wildman–Crippen LogP) is 2.82. The number of aromatic nitrogens is 2. The van der Waals surface area contributed by atoms with Crippen molar-refractivity contribution in [3.05, 3.63) is 76.0 Å². The van der Waals surface area contributed by atoms with Gasteiger partial charge in [0.15, 0.2) is 0 Å². The third-order valence-corrected chi connectivity index (χ3v) is 4.42. The summed E-state index contributed by atoms with van der Waals surface area (Å²) in [5.41, 5.74) is 1.09. The Bertz CT molecular complexity index is 966. The van der Waals surface area contributed by atoms with Gasteiger partial charge in [0, 0.05) is 12.4 Å². The molecule has 0 bridgehead atoms. The first-order valence-electron chi connectivity index (χ1n) is 7.95. The number of aromatic amines is 1. The molecule has 0 aliphatic rings. The number of benzene rings is 2. The van der Waals surface area contributed by atoms with Gasteiger partial charge in [0.05, 0.1) is 23.5 Å². The lowest BCUT2D eigenvalue weighted by molar-refractivity contribution is -0.131. The van der Waals surface area contributed by atoms with Gasteiger partial charge in [-0.3, -0.25) is 9.59 Å². The van der Waals surface area contributed by atoms with Crippen LogP contribution >= 0.6 is 0 Å². The molecule has 1 amide bonds. The van der Waals surface area contributed by atoms with Gasteiger partial charge < -0.3 is 4.90 Å². The van der Waals surface area contributed by atoms with Gasteiger partial charge in [0.2, 0.25) is 5.91 Å². The number of likely N-dealkylation sites (N-methyl/N-ethyl adjacent to an activating group) is 1. The van der Waals surface area contributed by atoms with Crippen LogP contribution in [0.4, 0.5) is 4.39 Å². The maximum Gasteiger partial charge on any atom is 0.272 e. The van der Waals surface area contributed by atoms with Gasteiger partial charge in [-0.25, -0.2) is 9.49 Å². The molecule has 1 N–H and O–H groups in total. The molecule has 0 aliphatic heterocycles. The summed E-state index contributed by atoms with van der Waals surface area (Å²) in [5.74, 6) is -0.449. The zero-order valence-corrected chi connectivity index (χ0v) is 14.0. The Morgan fingerprint density at radius 2 is 1.80 bits per heavy atom. The number of nitrogens with zero attached hydrogens (tertiary/aromatic N) is 2. The van der Waals surface area contributed by atoms with Crippen LogP contribution in [0.25, 0.3) is 10.8 Å². The number of halogens is 1. The summed E-state index contributed by atoms with van der Waals surface area (Å²) in [6, 6.07) is 12.9. The molecule has 1 aromatic heterocycles. The van der Waals surface area contributed by atoms with Gasteiger partial charge in [0.25, 0.3) is 5.56 Å². The average molecular weight is 339 g/mol. The lowest BCUT2D eigenvalue weighted by Gasteiger charge is -2.25. The molecule has 0 radical (unpaired) electrons. The monoisotopic (exact) mass is 339 g/mol. The Hall–Kier alpha value is -3.02. The summed E-state index contributed by atoms with van der Waals surface area (Å²) in [7, 11) is 1.70. The standard InChI is InChI=1S/C19H18FN3O2/c1-12(13-7-9-14(20)10-8-13)23(2)18(24)11-17-15-5-3-4-6-16(15)19(25)22-21-17/h3-10,12H,11H2,1-2H3,(H,22,25)/t12-/m1/s1. The molecule has 2 aromatic carbocycles. The molecule has 128 valence electrons. The topological polar surface area (TPSA) is 66.1 Å². The molecule has 0 saturated heterocycles. The van der Waals surface area contributed by atoms with Crippen molar-refractivity contribution >= 4 is 16.7 Å². The SMILES string of the molecule is C[C@H](c1ccc(F)cc1)N(C)C(=O)Cc1n[nH]c(=O)c2ccccc12. The van der Waals surface area contributed by atoms with Crippen molar-refractivity contribution in [3.63, 3.8) is 0 Å². The zero-order chi connectivity index (χ0) is 18.0. The van der Waals surface area contributed by atoms with Crippen molar-refractivity contribution in [3.8, 4) is 0 Å². The fourth-order valence-electron chi connectivity index (χ4n) is 2.76. The fourth-order valence-corrected chi connectivity index (χ4v) is 2.76. The number of nitrogens with one attached hydrogen (secondary N) is 1. The fraction of sp³-hybridized carbons (Fsp3) is 0.211. The molecule has 1 atom stereocenters. The van der Waals surface area contributed by atoms with Gasteiger partial charge in [-0.2, -0.15) is 5.10 Å². The first-order chi connectivity index (χ1) is 12.0. The van der Waals surface area contributed by atoms with E-state index in [0.29, 0.717) is 16.5 Å². The van der Waals surface area contributed by atoms with E-state index in [4.69, 9.17) is 0 Å². The maximum atomic E-state index is 13.1. The second kappa shape index (κ2) is 6.84. The Morgan fingerprint density at radius 3 is 2.48 bits per heavy atom. The normalized spacial score (nSPS) is 12.1. The molecular weight excluding hydrogens is 321 g/mol. The number of carbonyl (C=O) groups excluding carboxylic acids is 1. The summed E-state index contributed by atoms with van der Waals surface area (Å²) in [5, 5.41) is 7.65. The van der Waals surface area contributed by atoms with Crippen LogP contribution in [-0.4, -0.2) is 28.1 Å². The van der Waals surface area contributed by atoms with E-state index < -0.39 is 0 Å². The van der Waals surface area contributed by atoms with Crippen molar-refractivity contribution in [2.75, 3.05) is 7.05 Å². The first-order valence-corrected chi connectivity index (χ1v) is 7.95. The molecule has 5 nitrogen and oxygen atoms in total. The first kappa shape index (κ1) is 16.8. The van der Waals surface area contributed by atoms with Crippen molar-refractivity contribution < 1.29 is 9.18 Å². The van der Waals surface area contributed by atoms with Crippen LogP contribution in [0.3, 0.4) is 0 Å². The van der Waals surface area contributed by atoms with E-state index in [-0.39, 0.29) is 29.7 Å². The van der Waals surface area contributed by atoms with Crippen LogP contribution in [0.5, 0.6) is 0 Å². The largest absolute Gasteiger partial charge is 0.339 e. The van der Waals surface area contributed by atoms with E-state index >= 15 is 0 Å². The van der Waals surface area contributed by atoms with Crippen LogP contribution in [0.15, 0.2) is 53.3 Å². The molecule has 1 heterocycles. The van der Waals surface area contributed by atoms with Gasteiger partial charge in [0.1, 0.15) is 5.82 Å². The van der Waals surface area contributed by atoms with E-state index in [1.165, 1.54) is 12.1 Å². The number of hydrogen-bond donors (Lipinski definition) is 1. The van der Waals surface area contributed by atoms with Crippen LogP contribution in [0.2, 0.25) is 0 Å². The Kier molecular flexibility index (Phi) is 4.61. The third-order valence-electron chi connectivity index (χ3n) is 4.42. The highest BCUT2D eigenvalue weighted by Gasteiger charge is 2.19. The molecule has 25 heavy (non-hydrogen) atoms. The second-order valence-corrected chi connectivity index (χ2v) is 5.95. The number of hydrogen-bond acceptors (Lipinski definition) is 3. The van der Waals surface area contributed by atoms with E-state index in [0.717, 1.165) is 5.56 Å². The number of fused-ring (bicyclic) bond motifs is 1. The van der Waals surface area contributed by atoms with E-state index in [9.17, 15) is 14.0 Å². The highest BCUT2D eigenvalue weighted by molar-refractivity contribution is 5.88. The van der Waals surface area contributed by atoms with Crippen LogP contribution < -0.4 is 5.56 Å². The highest BCUT2D eigenvalue weighted by atomic mass is 19.1. The average Bonchev–Trinajstić information content (AvgIpc) is 2.63. The Labute approximate surface area is 144 Å². The number of amides is 1. The quantitative estimate of drug-likeness (QED) is 0.795.